The van der Waals surface area contributed by atoms with Gasteiger partial charge in [0, 0.05) is 11.3 Å². The molecule has 0 aliphatic carbocycles. The van der Waals surface area contributed by atoms with Crippen molar-refractivity contribution in [2.24, 2.45) is 0 Å². The summed E-state index contributed by atoms with van der Waals surface area (Å²) < 4.78 is 41.8. The molecule has 3 nitrogen and oxygen atoms in total. The molecular formula is C13H12F3NO2. The van der Waals surface area contributed by atoms with E-state index in [0.717, 1.165) is 12.1 Å². The van der Waals surface area contributed by atoms with Gasteiger partial charge in [-0.15, -0.1) is 0 Å². The molecule has 0 unspecified atom stereocenters. The fourth-order valence-corrected chi connectivity index (χ4v) is 1.28. The first-order valence-electron chi connectivity index (χ1n) is 5.45. The van der Waals surface area contributed by atoms with Crippen LogP contribution < -0.4 is 5.73 Å². The summed E-state index contributed by atoms with van der Waals surface area (Å²) in [5.41, 5.74) is 4.81. The zero-order valence-electron chi connectivity index (χ0n) is 10.2. The molecule has 0 heterocycles. The Bertz CT molecular complexity index is 527. The van der Waals surface area contributed by atoms with Crippen LogP contribution in [0.5, 0.6) is 0 Å². The lowest BCUT2D eigenvalue weighted by molar-refractivity contribution is -0.142. The second-order valence-corrected chi connectivity index (χ2v) is 3.58. The third kappa shape index (κ3) is 4.54. The molecule has 0 radical (unpaired) electrons. The predicted octanol–water partition coefficient (Wildman–Crippen LogP) is 2.59. The summed E-state index contributed by atoms with van der Waals surface area (Å²) in [5.74, 6) is 4.55. The molecule has 0 aliphatic heterocycles. The minimum atomic E-state index is -4.44. The van der Waals surface area contributed by atoms with E-state index < -0.39 is 17.7 Å². The summed E-state index contributed by atoms with van der Waals surface area (Å²) in [6.07, 6.45) is -4.57. The van der Waals surface area contributed by atoms with E-state index in [1.165, 1.54) is 6.07 Å². The van der Waals surface area contributed by atoms with Gasteiger partial charge in [0.1, 0.15) is 6.42 Å². The second kappa shape index (κ2) is 6.14. The van der Waals surface area contributed by atoms with Crippen molar-refractivity contribution >= 4 is 11.7 Å². The van der Waals surface area contributed by atoms with E-state index in [4.69, 9.17) is 5.73 Å². The van der Waals surface area contributed by atoms with E-state index in [1.54, 1.807) is 6.92 Å². The van der Waals surface area contributed by atoms with Crippen molar-refractivity contribution in [2.45, 2.75) is 19.5 Å². The maximum Gasteiger partial charge on any atom is 0.416 e. The SMILES string of the molecule is CCOC(=O)CC#Cc1ccc(C(F)(F)F)cc1N. The van der Waals surface area contributed by atoms with E-state index >= 15 is 0 Å². The number of esters is 1. The summed E-state index contributed by atoms with van der Waals surface area (Å²) in [5, 5.41) is 0. The number of benzene rings is 1. The number of carbonyl (C=O) groups is 1. The average molecular weight is 271 g/mol. The number of rotatable bonds is 2. The van der Waals surface area contributed by atoms with Crippen LogP contribution in [0.1, 0.15) is 24.5 Å². The number of ether oxygens (including phenoxy) is 1. The molecule has 0 bridgehead atoms. The normalized spacial score (nSPS) is 10.5. The number of anilines is 1. The van der Waals surface area contributed by atoms with Crippen LogP contribution in [0.3, 0.4) is 0 Å². The molecule has 1 aromatic carbocycles. The lowest BCUT2D eigenvalue weighted by Crippen LogP contribution is -2.06. The van der Waals surface area contributed by atoms with Crippen molar-refractivity contribution in [3.05, 3.63) is 29.3 Å². The second-order valence-electron chi connectivity index (χ2n) is 3.58. The molecule has 0 aliphatic rings. The van der Waals surface area contributed by atoms with E-state index in [9.17, 15) is 18.0 Å². The largest absolute Gasteiger partial charge is 0.465 e. The number of nitrogen functional groups attached to an aromatic ring is 1. The molecule has 0 spiro atoms. The van der Waals surface area contributed by atoms with Crippen molar-refractivity contribution in [2.75, 3.05) is 12.3 Å². The summed E-state index contributed by atoms with van der Waals surface area (Å²) in [6, 6.07) is 2.88. The van der Waals surface area contributed by atoms with Gasteiger partial charge in [-0.3, -0.25) is 4.79 Å². The summed E-state index contributed by atoms with van der Waals surface area (Å²) in [4.78, 5) is 11.0. The number of carbonyl (C=O) groups excluding carboxylic acids is 1. The zero-order chi connectivity index (χ0) is 14.5. The van der Waals surface area contributed by atoms with Gasteiger partial charge in [0.25, 0.3) is 0 Å². The fourth-order valence-electron chi connectivity index (χ4n) is 1.28. The smallest absolute Gasteiger partial charge is 0.416 e. The molecule has 0 atom stereocenters. The molecule has 2 N–H and O–H groups in total. The highest BCUT2D eigenvalue weighted by atomic mass is 19.4. The van der Waals surface area contributed by atoms with Crippen molar-refractivity contribution in [1.29, 1.82) is 0 Å². The van der Waals surface area contributed by atoms with Crippen LogP contribution in [0, 0.1) is 11.8 Å². The van der Waals surface area contributed by atoms with Crippen molar-refractivity contribution < 1.29 is 22.7 Å². The molecule has 102 valence electrons. The van der Waals surface area contributed by atoms with Gasteiger partial charge < -0.3 is 10.5 Å². The lowest BCUT2D eigenvalue weighted by Gasteiger charge is -2.07. The first-order valence-corrected chi connectivity index (χ1v) is 5.45. The Morgan fingerprint density at radius 1 is 1.42 bits per heavy atom. The highest BCUT2D eigenvalue weighted by Gasteiger charge is 2.30. The fraction of sp³-hybridized carbons (Fsp3) is 0.308. The lowest BCUT2D eigenvalue weighted by atomic mass is 10.1. The minimum Gasteiger partial charge on any atom is -0.465 e. The van der Waals surface area contributed by atoms with Gasteiger partial charge in [-0.25, -0.2) is 0 Å². The molecule has 0 fully saturated rings. The van der Waals surface area contributed by atoms with Crippen LogP contribution in [0.4, 0.5) is 18.9 Å². The monoisotopic (exact) mass is 271 g/mol. The Morgan fingerprint density at radius 2 is 2.11 bits per heavy atom. The summed E-state index contributed by atoms with van der Waals surface area (Å²) in [6.45, 7) is 1.92. The van der Waals surface area contributed by atoms with Crippen LogP contribution >= 0.6 is 0 Å². The number of hydrogen-bond acceptors (Lipinski definition) is 3. The standard InChI is InChI=1S/C13H12F3NO2/c1-2-19-12(18)5-3-4-9-6-7-10(8-11(9)17)13(14,15)16/h6-8H,2,5,17H2,1H3. The van der Waals surface area contributed by atoms with Crippen LogP contribution in [0.25, 0.3) is 0 Å². The molecule has 0 saturated heterocycles. The Kier molecular flexibility index (Phi) is 4.81. The Balaban J connectivity index is 2.82. The summed E-state index contributed by atoms with van der Waals surface area (Å²) >= 11 is 0. The highest BCUT2D eigenvalue weighted by molar-refractivity contribution is 5.73. The minimum absolute atomic E-state index is 0.0776. The van der Waals surface area contributed by atoms with E-state index in [-0.39, 0.29) is 24.3 Å². The molecule has 1 rings (SSSR count). The van der Waals surface area contributed by atoms with Gasteiger partial charge in [0.2, 0.25) is 0 Å². The number of alkyl halides is 3. The van der Waals surface area contributed by atoms with Gasteiger partial charge in [-0.1, -0.05) is 11.8 Å². The topological polar surface area (TPSA) is 52.3 Å². The van der Waals surface area contributed by atoms with Crippen molar-refractivity contribution in [1.82, 2.24) is 0 Å². The zero-order valence-corrected chi connectivity index (χ0v) is 10.2. The first kappa shape index (κ1) is 14.9. The van der Waals surface area contributed by atoms with Crippen LogP contribution in [0.15, 0.2) is 18.2 Å². The molecule has 6 heteroatoms. The van der Waals surface area contributed by atoms with Crippen LogP contribution in [-0.4, -0.2) is 12.6 Å². The van der Waals surface area contributed by atoms with Crippen LogP contribution in [-0.2, 0) is 15.7 Å². The molecule has 19 heavy (non-hydrogen) atoms. The molecule has 0 saturated carbocycles. The molecule has 0 aromatic heterocycles. The number of hydrogen-bond donors (Lipinski definition) is 1. The average Bonchev–Trinajstić information content (AvgIpc) is 2.30. The Morgan fingerprint density at radius 3 is 2.63 bits per heavy atom. The Labute approximate surface area is 108 Å². The van der Waals surface area contributed by atoms with Gasteiger partial charge in [-0.05, 0) is 25.1 Å². The van der Waals surface area contributed by atoms with E-state index in [2.05, 4.69) is 16.6 Å². The predicted molar refractivity (Wildman–Crippen MR) is 64.0 cm³/mol. The molecule has 0 amide bonds. The van der Waals surface area contributed by atoms with Crippen LogP contribution in [0.2, 0.25) is 0 Å². The van der Waals surface area contributed by atoms with E-state index in [1.807, 2.05) is 0 Å². The van der Waals surface area contributed by atoms with Gasteiger partial charge in [-0.2, -0.15) is 13.2 Å². The van der Waals surface area contributed by atoms with E-state index in [0.29, 0.717) is 0 Å². The van der Waals surface area contributed by atoms with Gasteiger partial charge >= 0.3 is 12.1 Å². The molecular weight excluding hydrogens is 259 g/mol. The highest BCUT2D eigenvalue weighted by Crippen LogP contribution is 2.31. The summed E-state index contributed by atoms with van der Waals surface area (Å²) in [7, 11) is 0. The van der Waals surface area contributed by atoms with Crippen molar-refractivity contribution in [3.8, 4) is 11.8 Å². The maximum atomic E-state index is 12.4. The maximum absolute atomic E-state index is 12.4. The Hall–Kier alpha value is -2.16. The number of halogens is 3. The quantitative estimate of drug-likeness (QED) is 0.511. The third-order valence-electron chi connectivity index (χ3n) is 2.14. The number of nitrogens with two attached hydrogens (primary N) is 1. The van der Waals surface area contributed by atoms with Gasteiger partial charge in [0.15, 0.2) is 0 Å². The third-order valence-corrected chi connectivity index (χ3v) is 2.14. The first-order chi connectivity index (χ1) is 8.84. The van der Waals surface area contributed by atoms with Gasteiger partial charge in [0.05, 0.1) is 12.2 Å². The van der Waals surface area contributed by atoms with Crippen molar-refractivity contribution in [3.63, 3.8) is 0 Å². The molecule has 1 aromatic rings.